The number of pyridine rings is 1. The van der Waals surface area contributed by atoms with Gasteiger partial charge < -0.3 is 9.42 Å². The molecular formula is C23H23N5O2S. The molecule has 0 unspecified atom stereocenters. The van der Waals surface area contributed by atoms with Crippen LogP contribution in [0.3, 0.4) is 0 Å². The quantitative estimate of drug-likeness (QED) is 0.432. The molecule has 0 radical (unpaired) electrons. The van der Waals surface area contributed by atoms with Gasteiger partial charge in [-0.05, 0) is 37.3 Å². The Kier molecular flexibility index (Phi) is 5.23. The summed E-state index contributed by atoms with van der Waals surface area (Å²) in [5, 5.41) is 4.70. The zero-order valence-corrected chi connectivity index (χ0v) is 18.3. The molecule has 1 saturated heterocycles. The maximum absolute atomic E-state index is 13.2. The minimum Gasteiger partial charge on any atom is -0.338 e. The van der Waals surface area contributed by atoms with Crippen molar-refractivity contribution in [2.24, 2.45) is 0 Å². The van der Waals surface area contributed by atoms with Crippen LogP contribution < -0.4 is 4.90 Å². The van der Waals surface area contributed by atoms with Crippen LogP contribution in [0.1, 0.15) is 43.5 Å². The van der Waals surface area contributed by atoms with E-state index < -0.39 is 0 Å². The number of aromatic nitrogens is 4. The van der Waals surface area contributed by atoms with E-state index in [2.05, 4.69) is 39.1 Å². The SMILES string of the molecule is Cc1noc(-c2cnc3nc(N4CCC[C@@H]4C(=O)C[C@H](C)c4ccccc4)sc3c2)n1. The molecule has 0 saturated carbocycles. The van der Waals surface area contributed by atoms with Crippen molar-refractivity contribution in [3.63, 3.8) is 0 Å². The Hall–Kier alpha value is -3.13. The molecule has 0 N–H and O–H groups in total. The van der Waals surface area contributed by atoms with Crippen LogP contribution in [0.25, 0.3) is 21.8 Å². The Morgan fingerprint density at radius 3 is 2.90 bits per heavy atom. The summed E-state index contributed by atoms with van der Waals surface area (Å²) in [5.41, 5.74) is 2.65. The minimum atomic E-state index is -0.121. The van der Waals surface area contributed by atoms with Gasteiger partial charge in [0.15, 0.2) is 22.4 Å². The van der Waals surface area contributed by atoms with Crippen LogP contribution >= 0.6 is 11.3 Å². The standard InChI is InChI=1S/C23H23N5O2S/c1-14(16-7-4-3-5-8-16)11-19(29)18-9-6-10-28(18)23-26-21-20(31-23)12-17(13-24-21)22-25-15(2)27-30-22/h3-5,7-8,12-14,18H,6,9-11H2,1-2H3/t14-,18+/m0/s1. The Morgan fingerprint density at radius 1 is 1.29 bits per heavy atom. The molecule has 7 nitrogen and oxygen atoms in total. The van der Waals surface area contributed by atoms with Gasteiger partial charge in [-0.3, -0.25) is 4.79 Å². The third-order valence-electron chi connectivity index (χ3n) is 5.76. The van der Waals surface area contributed by atoms with Crippen LogP contribution in [-0.2, 0) is 4.79 Å². The highest BCUT2D eigenvalue weighted by atomic mass is 32.1. The number of anilines is 1. The zero-order chi connectivity index (χ0) is 21.4. The summed E-state index contributed by atoms with van der Waals surface area (Å²) in [6.07, 6.45) is 4.10. The first-order valence-corrected chi connectivity index (χ1v) is 11.3. The lowest BCUT2D eigenvalue weighted by molar-refractivity contribution is -0.120. The van der Waals surface area contributed by atoms with E-state index in [1.165, 1.54) is 5.56 Å². The highest BCUT2D eigenvalue weighted by Gasteiger charge is 2.33. The zero-order valence-electron chi connectivity index (χ0n) is 17.5. The molecule has 0 bridgehead atoms. The Labute approximate surface area is 184 Å². The number of fused-ring (bicyclic) bond motifs is 1. The number of aryl methyl sites for hydroxylation is 1. The lowest BCUT2D eigenvalue weighted by atomic mass is 9.93. The number of benzene rings is 1. The van der Waals surface area contributed by atoms with Crippen molar-refractivity contribution in [2.45, 2.75) is 45.1 Å². The van der Waals surface area contributed by atoms with E-state index in [-0.39, 0.29) is 17.7 Å². The van der Waals surface area contributed by atoms with E-state index in [0.717, 1.165) is 34.8 Å². The van der Waals surface area contributed by atoms with Crippen molar-refractivity contribution in [1.29, 1.82) is 0 Å². The van der Waals surface area contributed by atoms with Gasteiger partial charge in [0.1, 0.15) is 0 Å². The van der Waals surface area contributed by atoms with Gasteiger partial charge in [-0.1, -0.05) is 53.7 Å². The van der Waals surface area contributed by atoms with Gasteiger partial charge in [0.25, 0.3) is 5.89 Å². The van der Waals surface area contributed by atoms with Crippen LogP contribution in [0.4, 0.5) is 5.13 Å². The molecule has 1 aliphatic rings. The average molecular weight is 434 g/mol. The number of hydrogen-bond donors (Lipinski definition) is 0. The largest absolute Gasteiger partial charge is 0.338 e. The molecule has 1 aromatic carbocycles. The lowest BCUT2D eigenvalue weighted by Crippen LogP contribution is -2.36. The van der Waals surface area contributed by atoms with E-state index in [1.54, 1.807) is 24.5 Å². The second-order valence-corrected chi connectivity index (χ2v) is 9.03. The van der Waals surface area contributed by atoms with E-state index in [9.17, 15) is 4.79 Å². The van der Waals surface area contributed by atoms with E-state index in [1.807, 2.05) is 24.3 Å². The van der Waals surface area contributed by atoms with E-state index >= 15 is 0 Å². The van der Waals surface area contributed by atoms with Crippen LogP contribution in [0.15, 0.2) is 47.1 Å². The predicted octanol–water partition coefficient (Wildman–Crippen LogP) is 4.78. The van der Waals surface area contributed by atoms with Crippen molar-refractivity contribution in [3.05, 3.63) is 54.0 Å². The fourth-order valence-electron chi connectivity index (χ4n) is 4.13. The molecule has 0 amide bonds. The van der Waals surface area contributed by atoms with Gasteiger partial charge in [-0.15, -0.1) is 0 Å². The molecule has 3 aromatic heterocycles. The monoisotopic (exact) mass is 433 g/mol. The van der Waals surface area contributed by atoms with Crippen LogP contribution in [0, 0.1) is 6.92 Å². The topological polar surface area (TPSA) is 85.0 Å². The first kappa shape index (κ1) is 19.8. The molecule has 31 heavy (non-hydrogen) atoms. The summed E-state index contributed by atoms with van der Waals surface area (Å²) in [4.78, 5) is 28.8. The van der Waals surface area contributed by atoms with E-state index in [0.29, 0.717) is 23.8 Å². The molecule has 4 aromatic rings. The third-order valence-corrected chi connectivity index (χ3v) is 6.79. The molecule has 1 aliphatic heterocycles. The Morgan fingerprint density at radius 2 is 2.13 bits per heavy atom. The summed E-state index contributed by atoms with van der Waals surface area (Å²) >= 11 is 1.56. The van der Waals surface area contributed by atoms with E-state index in [4.69, 9.17) is 9.51 Å². The average Bonchev–Trinajstić information content (AvgIpc) is 3.52. The maximum atomic E-state index is 13.2. The molecule has 1 fully saturated rings. The first-order chi connectivity index (χ1) is 15.1. The van der Waals surface area contributed by atoms with Gasteiger partial charge in [0, 0.05) is 19.2 Å². The summed E-state index contributed by atoms with van der Waals surface area (Å²) in [6.45, 7) is 4.74. The van der Waals surface area contributed by atoms with Gasteiger partial charge in [-0.2, -0.15) is 9.97 Å². The number of thiazole rings is 1. The second-order valence-electron chi connectivity index (χ2n) is 8.02. The maximum Gasteiger partial charge on any atom is 0.259 e. The summed E-state index contributed by atoms with van der Waals surface area (Å²) < 4.78 is 6.20. The number of Topliss-reactive ketones (excluding diaryl/α,β-unsaturated/α-hetero) is 1. The minimum absolute atomic E-state index is 0.121. The van der Waals surface area contributed by atoms with Gasteiger partial charge in [0.05, 0.1) is 16.3 Å². The van der Waals surface area contributed by atoms with Crippen LogP contribution in [-0.4, -0.2) is 38.5 Å². The fraction of sp³-hybridized carbons (Fsp3) is 0.348. The third kappa shape index (κ3) is 3.95. The fourth-order valence-corrected chi connectivity index (χ4v) is 5.17. The number of nitrogens with zero attached hydrogens (tertiary/aromatic N) is 5. The van der Waals surface area contributed by atoms with Crippen molar-refractivity contribution in [1.82, 2.24) is 20.1 Å². The van der Waals surface area contributed by atoms with Gasteiger partial charge in [-0.25, -0.2) is 4.98 Å². The normalized spacial score (nSPS) is 17.4. The van der Waals surface area contributed by atoms with Crippen LogP contribution in [0.5, 0.6) is 0 Å². The molecule has 2 atom stereocenters. The van der Waals surface area contributed by atoms with Gasteiger partial charge >= 0.3 is 0 Å². The predicted molar refractivity (Wildman–Crippen MR) is 120 cm³/mol. The molecule has 8 heteroatoms. The highest BCUT2D eigenvalue weighted by molar-refractivity contribution is 7.22. The number of hydrogen-bond acceptors (Lipinski definition) is 8. The molecule has 158 valence electrons. The highest BCUT2D eigenvalue weighted by Crippen LogP contribution is 2.35. The summed E-state index contributed by atoms with van der Waals surface area (Å²) in [5.74, 6) is 1.52. The molecular weight excluding hydrogens is 410 g/mol. The Balaban J connectivity index is 1.36. The number of carbonyl (C=O) groups excluding carboxylic acids is 1. The number of carbonyl (C=O) groups is 1. The summed E-state index contributed by atoms with van der Waals surface area (Å²) in [7, 11) is 0. The Bertz CT molecular complexity index is 1220. The smallest absolute Gasteiger partial charge is 0.259 e. The number of rotatable bonds is 6. The van der Waals surface area contributed by atoms with Crippen molar-refractivity contribution in [2.75, 3.05) is 11.4 Å². The van der Waals surface area contributed by atoms with Crippen molar-refractivity contribution >= 4 is 32.6 Å². The molecule has 4 heterocycles. The summed E-state index contributed by atoms with van der Waals surface area (Å²) in [6, 6.07) is 12.1. The molecule has 0 spiro atoms. The van der Waals surface area contributed by atoms with Crippen molar-refractivity contribution < 1.29 is 9.32 Å². The lowest BCUT2D eigenvalue weighted by Gasteiger charge is -2.24. The van der Waals surface area contributed by atoms with Crippen molar-refractivity contribution in [3.8, 4) is 11.5 Å². The molecule has 5 rings (SSSR count). The van der Waals surface area contributed by atoms with Gasteiger partial charge in [0.2, 0.25) is 0 Å². The molecule has 0 aliphatic carbocycles. The first-order valence-electron chi connectivity index (χ1n) is 10.5. The number of ketones is 1. The van der Waals surface area contributed by atoms with Crippen LogP contribution in [0.2, 0.25) is 0 Å². The second kappa shape index (κ2) is 8.19.